The van der Waals surface area contributed by atoms with Gasteiger partial charge in [0.1, 0.15) is 5.65 Å². The van der Waals surface area contributed by atoms with E-state index in [4.69, 9.17) is 5.11 Å². The molecular formula is C11H12N2O2. The molecule has 4 nitrogen and oxygen atoms in total. The molecular weight excluding hydrogens is 192 g/mol. The van der Waals surface area contributed by atoms with Gasteiger partial charge in [0.2, 0.25) is 0 Å². The zero-order valence-electron chi connectivity index (χ0n) is 8.69. The smallest absolute Gasteiger partial charge is 0.309 e. The molecule has 0 aromatic carbocycles. The fourth-order valence-electron chi connectivity index (χ4n) is 1.74. The van der Waals surface area contributed by atoms with Crippen LogP contribution in [0.5, 0.6) is 0 Å². The van der Waals surface area contributed by atoms with Crippen molar-refractivity contribution in [1.82, 2.24) is 9.38 Å². The summed E-state index contributed by atoms with van der Waals surface area (Å²) in [6.07, 6.45) is 3.68. The van der Waals surface area contributed by atoms with E-state index in [1.54, 1.807) is 6.20 Å². The first-order valence-electron chi connectivity index (χ1n) is 4.73. The van der Waals surface area contributed by atoms with Crippen molar-refractivity contribution in [1.29, 1.82) is 0 Å². The van der Waals surface area contributed by atoms with E-state index in [9.17, 15) is 4.79 Å². The minimum absolute atomic E-state index is 0.0276. The summed E-state index contributed by atoms with van der Waals surface area (Å²) in [7, 11) is 0. The van der Waals surface area contributed by atoms with Gasteiger partial charge in [0, 0.05) is 12.4 Å². The first kappa shape index (κ1) is 9.71. The van der Waals surface area contributed by atoms with Gasteiger partial charge in [-0.25, -0.2) is 4.98 Å². The molecule has 2 rings (SSSR count). The molecule has 4 heteroatoms. The van der Waals surface area contributed by atoms with Crippen LogP contribution in [0.2, 0.25) is 0 Å². The number of aliphatic carboxylic acids is 1. The van der Waals surface area contributed by atoms with Crippen LogP contribution in [0.1, 0.15) is 16.8 Å². The number of nitrogens with zero attached hydrogens (tertiary/aromatic N) is 2. The third-order valence-electron chi connectivity index (χ3n) is 2.25. The Labute approximate surface area is 87.2 Å². The van der Waals surface area contributed by atoms with E-state index in [1.807, 2.05) is 30.5 Å². The minimum Gasteiger partial charge on any atom is -0.481 e. The Morgan fingerprint density at radius 2 is 2.20 bits per heavy atom. The fraction of sp³-hybridized carbons (Fsp3) is 0.273. The van der Waals surface area contributed by atoms with Crippen molar-refractivity contribution < 1.29 is 9.90 Å². The highest BCUT2D eigenvalue weighted by atomic mass is 16.4. The van der Waals surface area contributed by atoms with Crippen LogP contribution in [-0.2, 0) is 11.2 Å². The molecule has 0 fully saturated rings. The Balaban J connectivity index is 2.55. The van der Waals surface area contributed by atoms with Crippen LogP contribution < -0.4 is 0 Å². The molecule has 1 N–H and O–H groups in total. The van der Waals surface area contributed by atoms with Crippen molar-refractivity contribution in [2.75, 3.05) is 0 Å². The van der Waals surface area contributed by atoms with Crippen LogP contribution in [0.15, 0.2) is 18.5 Å². The van der Waals surface area contributed by atoms with Gasteiger partial charge in [-0.2, -0.15) is 0 Å². The van der Waals surface area contributed by atoms with E-state index >= 15 is 0 Å². The number of imidazole rings is 1. The van der Waals surface area contributed by atoms with Crippen LogP contribution in [0.3, 0.4) is 0 Å². The number of pyridine rings is 1. The van der Waals surface area contributed by atoms with Crippen LogP contribution in [0.4, 0.5) is 0 Å². The van der Waals surface area contributed by atoms with Gasteiger partial charge in [-0.1, -0.05) is 6.07 Å². The van der Waals surface area contributed by atoms with Gasteiger partial charge in [-0.15, -0.1) is 0 Å². The Morgan fingerprint density at radius 1 is 1.47 bits per heavy atom. The minimum atomic E-state index is -0.854. The number of aromatic nitrogens is 2. The van der Waals surface area contributed by atoms with Gasteiger partial charge >= 0.3 is 5.97 Å². The Hall–Kier alpha value is -1.84. The number of carboxylic acids is 1. The van der Waals surface area contributed by atoms with Crippen LogP contribution >= 0.6 is 0 Å². The molecule has 0 saturated heterocycles. The zero-order chi connectivity index (χ0) is 11.0. The van der Waals surface area contributed by atoms with Crippen molar-refractivity contribution >= 4 is 11.6 Å². The summed E-state index contributed by atoms with van der Waals surface area (Å²) in [6, 6.07) is 2.03. The van der Waals surface area contributed by atoms with Gasteiger partial charge in [-0.05, 0) is 25.0 Å². The van der Waals surface area contributed by atoms with E-state index in [0.717, 1.165) is 16.8 Å². The molecule has 0 atom stereocenters. The standard InChI is InChI=1S/C11H12N2O2/c1-7-3-8(2)11-12-9(4-10(14)15)6-13(11)5-7/h3,5-6H,4H2,1-2H3,(H,14,15). The lowest BCUT2D eigenvalue weighted by atomic mass is 10.2. The van der Waals surface area contributed by atoms with Crippen molar-refractivity contribution in [2.45, 2.75) is 20.3 Å². The summed E-state index contributed by atoms with van der Waals surface area (Å²) < 4.78 is 1.88. The van der Waals surface area contributed by atoms with Crippen LogP contribution in [-0.4, -0.2) is 20.5 Å². The van der Waals surface area contributed by atoms with Gasteiger partial charge in [0.05, 0.1) is 12.1 Å². The predicted molar refractivity (Wildman–Crippen MR) is 56.0 cm³/mol. The summed E-state index contributed by atoms with van der Waals surface area (Å²) in [5.74, 6) is -0.854. The summed E-state index contributed by atoms with van der Waals surface area (Å²) in [6.45, 7) is 3.98. The van der Waals surface area contributed by atoms with Gasteiger partial charge in [-0.3, -0.25) is 4.79 Å². The van der Waals surface area contributed by atoms with Crippen molar-refractivity contribution in [3.05, 3.63) is 35.3 Å². The maximum absolute atomic E-state index is 10.5. The van der Waals surface area contributed by atoms with Gasteiger partial charge < -0.3 is 9.51 Å². The third kappa shape index (κ3) is 1.83. The fourth-order valence-corrected chi connectivity index (χ4v) is 1.74. The average molecular weight is 204 g/mol. The molecule has 0 unspecified atom stereocenters. The number of rotatable bonds is 2. The summed E-state index contributed by atoms with van der Waals surface area (Å²) >= 11 is 0. The summed E-state index contributed by atoms with van der Waals surface area (Å²) in [5, 5.41) is 8.67. The highest BCUT2D eigenvalue weighted by molar-refractivity contribution is 5.70. The first-order valence-corrected chi connectivity index (χ1v) is 4.73. The molecule has 15 heavy (non-hydrogen) atoms. The molecule has 2 heterocycles. The van der Waals surface area contributed by atoms with E-state index in [1.165, 1.54) is 0 Å². The van der Waals surface area contributed by atoms with E-state index in [0.29, 0.717) is 5.69 Å². The van der Waals surface area contributed by atoms with Crippen molar-refractivity contribution in [3.8, 4) is 0 Å². The lowest BCUT2D eigenvalue weighted by Crippen LogP contribution is -1.99. The number of carboxylic acid groups (broad SMARTS) is 1. The van der Waals surface area contributed by atoms with E-state index in [-0.39, 0.29) is 6.42 Å². The van der Waals surface area contributed by atoms with Crippen LogP contribution in [0, 0.1) is 13.8 Å². The van der Waals surface area contributed by atoms with E-state index < -0.39 is 5.97 Å². The predicted octanol–water partition coefficient (Wildman–Crippen LogP) is 1.58. The molecule has 2 aromatic rings. The average Bonchev–Trinajstić information content (AvgIpc) is 2.45. The maximum Gasteiger partial charge on any atom is 0.309 e. The normalized spacial score (nSPS) is 10.8. The Kier molecular flexibility index (Phi) is 2.19. The highest BCUT2D eigenvalue weighted by Crippen LogP contribution is 2.12. The SMILES string of the molecule is Cc1cc(C)c2nc(CC(=O)O)cn2c1. The molecule has 78 valence electrons. The van der Waals surface area contributed by atoms with Crippen LogP contribution in [0.25, 0.3) is 5.65 Å². The lowest BCUT2D eigenvalue weighted by molar-refractivity contribution is -0.136. The third-order valence-corrected chi connectivity index (χ3v) is 2.25. The first-order chi connectivity index (χ1) is 7.06. The molecule has 0 amide bonds. The largest absolute Gasteiger partial charge is 0.481 e. The Bertz CT molecular complexity index is 529. The maximum atomic E-state index is 10.5. The molecule has 0 radical (unpaired) electrons. The van der Waals surface area contributed by atoms with Crippen molar-refractivity contribution in [2.24, 2.45) is 0 Å². The molecule has 0 aliphatic heterocycles. The number of hydrogen-bond acceptors (Lipinski definition) is 2. The number of aryl methyl sites for hydroxylation is 2. The highest BCUT2D eigenvalue weighted by Gasteiger charge is 2.07. The molecule has 0 aliphatic carbocycles. The zero-order valence-corrected chi connectivity index (χ0v) is 8.69. The summed E-state index contributed by atoms with van der Waals surface area (Å²) in [4.78, 5) is 14.8. The summed E-state index contributed by atoms with van der Waals surface area (Å²) in [5.41, 5.74) is 3.62. The number of hydrogen-bond donors (Lipinski definition) is 1. The monoisotopic (exact) mass is 204 g/mol. The second-order valence-electron chi connectivity index (χ2n) is 3.73. The molecule has 0 aliphatic rings. The van der Waals surface area contributed by atoms with Gasteiger partial charge in [0.25, 0.3) is 0 Å². The molecule has 0 bridgehead atoms. The molecule has 0 spiro atoms. The van der Waals surface area contributed by atoms with Gasteiger partial charge in [0.15, 0.2) is 0 Å². The second kappa shape index (κ2) is 3.38. The second-order valence-corrected chi connectivity index (χ2v) is 3.73. The van der Waals surface area contributed by atoms with Crippen molar-refractivity contribution in [3.63, 3.8) is 0 Å². The van der Waals surface area contributed by atoms with E-state index in [2.05, 4.69) is 4.98 Å². The quantitative estimate of drug-likeness (QED) is 0.808. The number of carbonyl (C=O) groups is 1. The topological polar surface area (TPSA) is 54.6 Å². The lowest BCUT2D eigenvalue weighted by Gasteiger charge is -1.98. The number of fused-ring (bicyclic) bond motifs is 1. The Morgan fingerprint density at radius 3 is 2.87 bits per heavy atom. The molecule has 0 saturated carbocycles. The molecule has 2 aromatic heterocycles.